The van der Waals surface area contributed by atoms with Crippen molar-refractivity contribution in [1.82, 2.24) is 15.5 Å². The summed E-state index contributed by atoms with van der Waals surface area (Å²) in [5.41, 5.74) is 0. The molecule has 1 atom stereocenters. The molecule has 0 spiro atoms. The maximum atomic E-state index is 11.8. The number of nitrogens with one attached hydrogen (secondary N) is 2. The summed E-state index contributed by atoms with van der Waals surface area (Å²) in [6.07, 6.45) is 1.63. The number of carbonyl (C=O) groups excluding carboxylic acids is 1. The lowest BCUT2D eigenvalue weighted by Gasteiger charge is -2.23. The van der Waals surface area contributed by atoms with E-state index in [0.717, 1.165) is 50.7 Å². The zero-order valence-corrected chi connectivity index (χ0v) is 12.9. The van der Waals surface area contributed by atoms with Crippen LogP contribution in [0.3, 0.4) is 0 Å². The summed E-state index contributed by atoms with van der Waals surface area (Å²) in [5.74, 6) is 2.36. The second-order valence-corrected chi connectivity index (χ2v) is 6.08. The zero-order valence-electron chi connectivity index (χ0n) is 12.1. The Balaban J connectivity index is 1.99. The van der Waals surface area contributed by atoms with Crippen molar-refractivity contribution in [3.8, 4) is 0 Å². The SMILES string of the molecule is COCCCN(C)CCNC(=O)CC1CSCCN1. The molecule has 2 N–H and O–H groups in total. The highest BCUT2D eigenvalue weighted by molar-refractivity contribution is 7.99. The molecule has 0 saturated carbocycles. The van der Waals surface area contributed by atoms with E-state index in [-0.39, 0.29) is 5.91 Å². The Morgan fingerprint density at radius 3 is 3.05 bits per heavy atom. The standard InChI is InChI=1S/C13H27N3O2S/c1-16(6-3-8-18-2)7-4-15-13(17)10-12-11-19-9-5-14-12/h12,14H,3-11H2,1-2H3,(H,15,17). The Labute approximate surface area is 120 Å². The number of ether oxygens (including phenoxy) is 1. The fraction of sp³-hybridized carbons (Fsp3) is 0.923. The minimum Gasteiger partial charge on any atom is -0.385 e. The number of amides is 1. The van der Waals surface area contributed by atoms with Gasteiger partial charge < -0.3 is 20.3 Å². The van der Waals surface area contributed by atoms with Crippen molar-refractivity contribution in [2.75, 3.05) is 58.4 Å². The molecule has 0 aromatic carbocycles. The van der Waals surface area contributed by atoms with Gasteiger partial charge in [-0.25, -0.2) is 0 Å². The van der Waals surface area contributed by atoms with E-state index >= 15 is 0 Å². The number of thioether (sulfide) groups is 1. The molecule has 0 aromatic rings. The number of methoxy groups -OCH3 is 1. The van der Waals surface area contributed by atoms with Gasteiger partial charge in [-0.1, -0.05) is 0 Å². The second-order valence-electron chi connectivity index (χ2n) is 4.93. The maximum absolute atomic E-state index is 11.8. The van der Waals surface area contributed by atoms with Crippen LogP contribution in [0, 0.1) is 0 Å². The molecule has 0 bridgehead atoms. The highest BCUT2D eigenvalue weighted by Crippen LogP contribution is 2.09. The van der Waals surface area contributed by atoms with Crippen LogP contribution in [0.2, 0.25) is 0 Å². The Kier molecular flexibility index (Phi) is 9.24. The summed E-state index contributed by atoms with van der Waals surface area (Å²) in [6.45, 7) is 4.43. The molecule has 0 aliphatic carbocycles. The summed E-state index contributed by atoms with van der Waals surface area (Å²) in [5, 5.41) is 6.37. The first kappa shape index (κ1) is 16.8. The number of nitrogens with zero attached hydrogens (tertiary/aromatic N) is 1. The number of rotatable bonds is 9. The van der Waals surface area contributed by atoms with Crippen LogP contribution in [0.15, 0.2) is 0 Å². The molecular weight excluding hydrogens is 262 g/mol. The van der Waals surface area contributed by atoms with Crippen LogP contribution in [-0.4, -0.2) is 75.3 Å². The van der Waals surface area contributed by atoms with Crippen molar-refractivity contribution in [3.63, 3.8) is 0 Å². The number of hydrogen-bond donors (Lipinski definition) is 2. The Bertz CT molecular complexity index is 248. The molecule has 1 heterocycles. The largest absolute Gasteiger partial charge is 0.385 e. The first-order valence-electron chi connectivity index (χ1n) is 6.97. The molecule has 1 amide bonds. The topological polar surface area (TPSA) is 53.6 Å². The predicted molar refractivity (Wildman–Crippen MR) is 80.7 cm³/mol. The van der Waals surface area contributed by atoms with Crippen LogP contribution in [0.5, 0.6) is 0 Å². The first-order valence-corrected chi connectivity index (χ1v) is 8.13. The van der Waals surface area contributed by atoms with Gasteiger partial charge in [0.1, 0.15) is 0 Å². The van der Waals surface area contributed by atoms with Crippen LogP contribution in [0.1, 0.15) is 12.8 Å². The van der Waals surface area contributed by atoms with E-state index in [0.29, 0.717) is 12.5 Å². The van der Waals surface area contributed by atoms with E-state index < -0.39 is 0 Å². The molecule has 112 valence electrons. The van der Waals surface area contributed by atoms with E-state index in [1.807, 2.05) is 11.8 Å². The van der Waals surface area contributed by atoms with Crippen molar-refractivity contribution < 1.29 is 9.53 Å². The minimum absolute atomic E-state index is 0.158. The van der Waals surface area contributed by atoms with Crippen LogP contribution in [-0.2, 0) is 9.53 Å². The molecule has 0 radical (unpaired) electrons. The van der Waals surface area contributed by atoms with Crippen molar-refractivity contribution in [1.29, 1.82) is 0 Å². The van der Waals surface area contributed by atoms with Crippen LogP contribution in [0.25, 0.3) is 0 Å². The molecule has 1 saturated heterocycles. The molecule has 1 aliphatic heterocycles. The molecule has 5 nitrogen and oxygen atoms in total. The third-order valence-corrected chi connectivity index (χ3v) is 4.27. The van der Waals surface area contributed by atoms with Crippen LogP contribution in [0.4, 0.5) is 0 Å². The Hall–Kier alpha value is -0.300. The van der Waals surface area contributed by atoms with E-state index in [2.05, 4.69) is 22.6 Å². The van der Waals surface area contributed by atoms with Crippen LogP contribution >= 0.6 is 11.8 Å². The summed E-state index contributed by atoms with van der Waals surface area (Å²) >= 11 is 1.92. The van der Waals surface area contributed by atoms with Gasteiger partial charge in [0.25, 0.3) is 0 Å². The smallest absolute Gasteiger partial charge is 0.221 e. The number of likely N-dealkylation sites (N-methyl/N-ethyl adjacent to an activating group) is 1. The van der Waals surface area contributed by atoms with Crippen LogP contribution < -0.4 is 10.6 Å². The molecule has 6 heteroatoms. The highest BCUT2D eigenvalue weighted by Gasteiger charge is 2.16. The molecule has 1 fully saturated rings. The molecule has 1 unspecified atom stereocenters. The predicted octanol–water partition coefficient (Wildman–Crippen LogP) is 0.166. The lowest BCUT2D eigenvalue weighted by atomic mass is 10.2. The van der Waals surface area contributed by atoms with E-state index in [4.69, 9.17) is 4.74 Å². The van der Waals surface area contributed by atoms with Gasteiger partial charge in [0.15, 0.2) is 0 Å². The fourth-order valence-electron chi connectivity index (χ4n) is 2.02. The summed E-state index contributed by atoms with van der Waals surface area (Å²) < 4.78 is 5.01. The van der Waals surface area contributed by atoms with E-state index in [1.165, 1.54) is 0 Å². The third kappa shape index (κ3) is 8.47. The lowest BCUT2D eigenvalue weighted by Crippen LogP contribution is -2.42. The quantitative estimate of drug-likeness (QED) is 0.593. The van der Waals surface area contributed by atoms with Crippen molar-refractivity contribution in [2.24, 2.45) is 0 Å². The normalized spacial score (nSPS) is 19.6. The Morgan fingerprint density at radius 2 is 2.37 bits per heavy atom. The molecular formula is C13H27N3O2S. The van der Waals surface area contributed by atoms with Gasteiger partial charge in [-0.05, 0) is 13.5 Å². The lowest BCUT2D eigenvalue weighted by molar-refractivity contribution is -0.121. The first-order chi connectivity index (χ1) is 9.22. The van der Waals surface area contributed by atoms with Gasteiger partial charge in [-0.15, -0.1) is 0 Å². The monoisotopic (exact) mass is 289 g/mol. The van der Waals surface area contributed by atoms with Gasteiger partial charge in [0, 0.05) is 63.9 Å². The zero-order chi connectivity index (χ0) is 13.9. The van der Waals surface area contributed by atoms with E-state index in [9.17, 15) is 4.79 Å². The average Bonchev–Trinajstić information content (AvgIpc) is 2.40. The fourth-order valence-corrected chi connectivity index (χ4v) is 2.97. The molecule has 0 aromatic heterocycles. The van der Waals surface area contributed by atoms with Crippen molar-refractivity contribution >= 4 is 17.7 Å². The van der Waals surface area contributed by atoms with Gasteiger partial charge >= 0.3 is 0 Å². The summed E-state index contributed by atoms with van der Waals surface area (Å²) in [4.78, 5) is 14.0. The second kappa shape index (κ2) is 10.5. The van der Waals surface area contributed by atoms with Gasteiger partial charge in [-0.3, -0.25) is 4.79 Å². The number of carbonyl (C=O) groups is 1. The summed E-state index contributed by atoms with van der Waals surface area (Å²) in [7, 11) is 3.79. The average molecular weight is 289 g/mol. The molecule has 1 aliphatic rings. The maximum Gasteiger partial charge on any atom is 0.221 e. The van der Waals surface area contributed by atoms with Gasteiger partial charge in [0.05, 0.1) is 0 Å². The van der Waals surface area contributed by atoms with Gasteiger partial charge in [0.2, 0.25) is 5.91 Å². The molecule has 19 heavy (non-hydrogen) atoms. The van der Waals surface area contributed by atoms with Gasteiger partial charge in [-0.2, -0.15) is 11.8 Å². The highest BCUT2D eigenvalue weighted by atomic mass is 32.2. The van der Waals surface area contributed by atoms with Crippen molar-refractivity contribution in [3.05, 3.63) is 0 Å². The number of hydrogen-bond acceptors (Lipinski definition) is 5. The Morgan fingerprint density at radius 1 is 1.53 bits per heavy atom. The van der Waals surface area contributed by atoms with E-state index in [1.54, 1.807) is 7.11 Å². The minimum atomic E-state index is 0.158. The summed E-state index contributed by atoms with van der Waals surface area (Å²) in [6, 6.07) is 0.346. The third-order valence-electron chi connectivity index (χ3n) is 3.13. The molecule has 1 rings (SSSR count). The van der Waals surface area contributed by atoms with Crippen molar-refractivity contribution in [2.45, 2.75) is 18.9 Å².